The Kier molecular flexibility index (Phi) is 5.69. The van der Waals surface area contributed by atoms with Crippen molar-refractivity contribution in [2.75, 3.05) is 6.61 Å². The first-order valence-electron chi connectivity index (χ1n) is 5.35. The van der Waals surface area contributed by atoms with E-state index in [2.05, 4.69) is 22.9 Å². The summed E-state index contributed by atoms with van der Waals surface area (Å²) >= 11 is 3.43. The van der Waals surface area contributed by atoms with Crippen molar-refractivity contribution >= 4 is 21.6 Å². The summed E-state index contributed by atoms with van der Waals surface area (Å²) in [6.45, 7) is 2.56. The van der Waals surface area contributed by atoms with Crippen LogP contribution in [0.2, 0.25) is 0 Å². The van der Waals surface area contributed by atoms with Crippen LogP contribution in [0.4, 0.5) is 5.69 Å². The highest BCUT2D eigenvalue weighted by Crippen LogP contribution is 2.18. The Morgan fingerprint density at radius 2 is 2.12 bits per heavy atom. The van der Waals surface area contributed by atoms with Gasteiger partial charge in [0.1, 0.15) is 12.4 Å². The number of nitrogens with zero attached hydrogens (tertiary/aromatic N) is 1. The van der Waals surface area contributed by atoms with Crippen molar-refractivity contribution in [3.05, 3.63) is 44.9 Å². The van der Waals surface area contributed by atoms with Crippen LogP contribution in [0.15, 0.2) is 34.8 Å². The number of rotatable bonds is 6. The third-order valence-electron chi connectivity index (χ3n) is 2.09. The van der Waals surface area contributed by atoms with Gasteiger partial charge >= 0.3 is 0 Å². The summed E-state index contributed by atoms with van der Waals surface area (Å²) < 4.78 is 6.54. The molecular weight excluding hydrogens is 286 g/mol. The Labute approximate surface area is 109 Å². The molecule has 0 radical (unpaired) electrons. The highest BCUT2D eigenvalue weighted by atomic mass is 79.9. The molecule has 0 N–H and O–H groups in total. The van der Waals surface area contributed by atoms with Crippen LogP contribution in [-0.2, 0) is 0 Å². The molecule has 92 valence electrons. The minimum Gasteiger partial charge on any atom is -0.489 e. The summed E-state index contributed by atoms with van der Waals surface area (Å²) in [6, 6.07) is 6.06. The largest absolute Gasteiger partial charge is 0.489 e. The predicted molar refractivity (Wildman–Crippen MR) is 70.5 cm³/mol. The fourth-order valence-corrected chi connectivity index (χ4v) is 1.76. The zero-order valence-electron chi connectivity index (χ0n) is 9.56. The monoisotopic (exact) mass is 299 g/mol. The van der Waals surface area contributed by atoms with E-state index in [-0.39, 0.29) is 5.69 Å². The molecule has 0 spiro atoms. The maximum atomic E-state index is 10.4. The van der Waals surface area contributed by atoms with Crippen molar-refractivity contribution in [2.45, 2.75) is 19.8 Å². The average Bonchev–Trinajstić information content (AvgIpc) is 2.30. The minimum atomic E-state index is -0.429. The first-order chi connectivity index (χ1) is 8.13. The number of benzene rings is 1. The van der Waals surface area contributed by atoms with Crippen LogP contribution in [-0.4, -0.2) is 11.5 Å². The van der Waals surface area contributed by atoms with Crippen molar-refractivity contribution in [3.63, 3.8) is 0 Å². The Bertz CT molecular complexity index is 401. The van der Waals surface area contributed by atoms with E-state index >= 15 is 0 Å². The summed E-state index contributed by atoms with van der Waals surface area (Å²) in [5.41, 5.74) is 0.0695. The number of allylic oxidation sites excluding steroid dienone is 1. The second-order valence-electron chi connectivity index (χ2n) is 3.46. The molecule has 0 atom stereocenters. The van der Waals surface area contributed by atoms with Gasteiger partial charge in [-0.15, -0.1) is 0 Å². The van der Waals surface area contributed by atoms with E-state index in [4.69, 9.17) is 4.74 Å². The first-order valence-corrected chi connectivity index (χ1v) is 6.14. The maximum absolute atomic E-state index is 10.4. The lowest BCUT2D eigenvalue weighted by Gasteiger charge is -2.03. The van der Waals surface area contributed by atoms with Crippen LogP contribution in [0.1, 0.15) is 19.8 Å². The molecule has 0 aromatic heterocycles. The quantitative estimate of drug-likeness (QED) is 0.588. The SMILES string of the molecule is CCCC(Br)=CCOc1ccc([N+](=O)[O-])cc1. The topological polar surface area (TPSA) is 52.4 Å². The Morgan fingerprint density at radius 3 is 2.65 bits per heavy atom. The smallest absolute Gasteiger partial charge is 0.269 e. The number of nitro groups is 1. The molecule has 0 amide bonds. The summed E-state index contributed by atoms with van der Waals surface area (Å²) in [5.74, 6) is 0.628. The predicted octanol–water partition coefficient (Wildman–Crippen LogP) is 4.05. The van der Waals surface area contributed by atoms with Gasteiger partial charge in [-0.25, -0.2) is 0 Å². The summed E-state index contributed by atoms with van der Waals surface area (Å²) in [6.07, 6.45) is 4.02. The van der Waals surface area contributed by atoms with Gasteiger partial charge in [0.05, 0.1) is 4.92 Å². The minimum absolute atomic E-state index is 0.0695. The molecule has 0 unspecified atom stereocenters. The molecule has 5 heteroatoms. The molecule has 4 nitrogen and oxygen atoms in total. The van der Waals surface area contributed by atoms with Crippen molar-refractivity contribution in [2.24, 2.45) is 0 Å². The lowest BCUT2D eigenvalue weighted by molar-refractivity contribution is -0.384. The molecule has 0 saturated carbocycles. The van der Waals surface area contributed by atoms with Crippen LogP contribution in [0.3, 0.4) is 0 Å². The third-order valence-corrected chi connectivity index (χ3v) is 2.81. The Hall–Kier alpha value is -1.36. The van der Waals surface area contributed by atoms with Gasteiger partial charge in [-0.3, -0.25) is 10.1 Å². The lowest BCUT2D eigenvalue weighted by atomic mass is 10.3. The van der Waals surface area contributed by atoms with E-state index in [9.17, 15) is 10.1 Å². The normalized spacial score (nSPS) is 11.3. The number of hydrogen-bond donors (Lipinski definition) is 0. The maximum Gasteiger partial charge on any atom is 0.269 e. The molecule has 1 aromatic carbocycles. The van der Waals surface area contributed by atoms with E-state index in [1.165, 1.54) is 12.1 Å². The average molecular weight is 300 g/mol. The molecule has 0 saturated heterocycles. The molecule has 0 heterocycles. The second-order valence-corrected chi connectivity index (χ2v) is 4.48. The Morgan fingerprint density at radius 1 is 1.47 bits per heavy atom. The lowest BCUT2D eigenvalue weighted by Crippen LogP contribution is -1.94. The standard InChI is InChI=1S/C12H14BrNO3/c1-2-3-10(13)8-9-17-12-6-4-11(5-7-12)14(15)16/h4-8H,2-3,9H2,1H3. The number of ether oxygens (including phenoxy) is 1. The third kappa shape index (κ3) is 4.99. The van der Waals surface area contributed by atoms with Crippen LogP contribution in [0.5, 0.6) is 5.75 Å². The van der Waals surface area contributed by atoms with Crippen LogP contribution < -0.4 is 4.74 Å². The summed E-state index contributed by atoms with van der Waals surface area (Å²) in [5, 5.41) is 10.4. The molecule has 0 fully saturated rings. The zero-order chi connectivity index (χ0) is 12.7. The van der Waals surface area contributed by atoms with E-state index in [0.29, 0.717) is 12.4 Å². The fourth-order valence-electron chi connectivity index (χ4n) is 1.23. The van der Waals surface area contributed by atoms with E-state index in [0.717, 1.165) is 17.3 Å². The van der Waals surface area contributed by atoms with Gasteiger partial charge in [0.2, 0.25) is 0 Å². The number of halogens is 1. The van der Waals surface area contributed by atoms with E-state index < -0.39 is 4.92 Å². The molecule has 1 aromatic rings. The molecule has 17 heavy (non-hydrogen) atoms. The molecular formula is C12H14BrNO3. The van der Waals surface area contributed by atoms with Crippen LogP contribution in [0.25, 0.3) is 0 Å². The van der Waals surface area contributed by atoms with Crippen LogP contribution >= 0.6 is 15.9 Å². The van der Waals surface area contributed by atoms with Gasteiger partial charge in [-0.2, -0.15) is 0 Å². The summed E-state index contributed by atoms with van der Waals surface area (Å²) in [7, 11) is 0. The van der Waals surface area contributed by atoms with Crippen LogP contribution in [0, 0.1) is 10.1 Å². The number of nitro benzene ring substituents is 1. The number of hydrogen-bond acceptors (Lipinski definition) is 3. The van der Waals surface area contributed by atoms with Gasteiger partial charge in [0.15, 0.2) is 0 Å². The van der Waals surface area contributed by atoms with E-state index in [1.54, 1.807) is 12.1 Å². The molecule has 0 aliphatic heterocycles. The van der Waals surface area contributed by atoms with Crippen molar-refractivity contribution in [3.8, 4) is 5.75 Å². The molecule has 0 bridgehead atoms. The fraction of sp³-hybridized carbons (Fsp3) is 0.333. The second kappa shape index (κ2) is 7.06. The first kappa shape index (κ1) is 13.7. The zero-order valence-corrected chi connectivity index (χ0v) is 11.1. The van der Waals surface area contributed by atoms with Crippen molar-refractivity contribution in [1.82, 2.24) is 0 Å². The van der Waals surface area contributed by atoms with E-state index in [1.807, 2.05) is 6.08 Å². The molecule has 0 aliphatic carbocycles. The highest BCUT2D eigenvalue weighted by molar-refractivity contribution is 9.11. The van der Waals surface area contributed by atoms with Crippen molar-refractivity contribution < 1.29 is 9.66 Å². The van der Waals surface area contributed by atoms with Gasteiger partial charge in [-0.1, -0.05) is 29.3 Å². The van der Waals surface area contributed by atoms with Crippen molar-refractivity contribution in [1.29, 1.82) is 0 Å². The Balaban J connectivity index is 2.47. The van der Waals surface area contributed by atoms with Gasteiger partial charge < -0.3 is 4.74 Å². The van der Waals surface area contributed by atoms with Gasteiger partial charge in [-0.05, 0) is 29.1 Å². The highest BCUT2D eigenvalue weighted by Gasteiger charge is 2.03. The van der Waals surface area contributed by atoms with Gasteiger partial charge in [0.25, 0.3) is 5.69 Å². The molecule has 1 rings (SSSR count). The molecule has 0 aliphatic rings. The van der Waals surface area contributed by atoms with Gasteiger partial charge in [0, 0.05) is 12.1 Å². The number of non-ortho nitro benzene ring substituents is 1. The summed E-state index contributed by atoms with van der Waals surface area (Å²) in [4.78, 5) is 10.0.